The largest absolute Gasteiger partial charge is 0.392 e. The summed E-state index contributed by atoms with van der Waals surface area (Å²) in [5.41, 5.74) is 4.64. The molecule has 27 heavy (non-hydrogen) atoms. The Kier molecular flexibility index (Phi) is 5.48. The van der Waals surface area contributed by atoms with Gasteiger partial charge in [-0.25, -0.2) is 0 Å². The number of carbonyl (C=O) groups is 2. The first-order chi connectivity index (χ1) is 13.0. The Balaban J connectivity index is 1.91. The third-order valence-electron chi connectivity index (χ3n) is 4.55. The normalized spacial score (nSPS) is 10.5. The Morgan fingerprint density at radius 1 is 0.852 bits per heavy atom. The minimum absolute atomic E-state index is 0.106. The second kappa shape index (κ2) is 7.98. The van der Waals surface area contributed by atoms with E-state index < -0.39 is 0 Å². The van der Waals surface area contributed by atoms with Crippen LogP contribution in [0.1, 0.15) is 43.0 Å². The average Bonchev–Trinajstić information content (AvgIpc) is 2.69. The number of rotatable bonds is 5. The van der Waals surface area contributed by atoms with Crippen LogP contribution in [0.2, 0.25) is 0 Å². The van der Waals surface area contributed by atoms with Crippen LogP contribution in [0, 0.1) is 13.8 Å². The molecule has 4 heteroatoms. The third-order valence-corrected chi connectivity index (χ3v) is 4.55. The van der Waals surface area contributed by atoms with Crippen molar-refractivity contribution in [3.63, 3.8) is 0 Å². The molecular formula is C23H21NO3. The molecule has 3 rings (SSSR count). The molecule has 3 aromatic rings. The van der Waals surface area contributed by atoms with E-state index in [0.29, 0.717) is 27.9 Å². The first-order valence-electron chi connectivity index (χ1n) is 8.71. The molecular weight excluding hydrogens is 338 g/mol. The minimum atomic E-state index is -0.363. The molecule has 0 atom stereocenters. The number of hydrogen-bond acceptors (Lipinski definition) is 3. The summed E-state index contributed by atoms with van der Waals surface area (Å²) in [7, 11) is 0. The zero-order valence-electron chi connectivity index (χ0n) is 15.3. The SMILES string of the molecule is Cc1ccc(C(=O)c2ccccc2C(=O)Nc2cccc(CO)c2)cc1C. The summed E-state index contributed by atoms with van der Waals surface area (Å²) in [4.78, 5) is 25.7. The van der Waals surface area contributed by atoms with Gasteiger partial charge in [-0.3, -0.25) is 9.59 Å². The Hall–Kier alpha value is -3.24. The van der Waals surface area contributed by atoms with E-state index in [1.807, 2.05) is 26.0 Å². The van der Waals surface area contributed by atoms with E-state index in [2.05, 4.69) is 5.32 Å². The number of hydrogen-bond donors (Lipinski definition) is 2. The van der Waals surface area contributed by atoms with Crippen molar-refractivity contribution < 1.29 is 14.7 Å². The highest BCUT2D eigenvalue weighted by molar-refractivity contribution is 6.17. The van der Waals surface area contributed by atoms with Gasteiger partial charge in [-0.2, -0.15) is 0 Å². The predicted octanol–water partition coefficient (Wildman–Crippen LogP) is 4.28. The summed E-state index contributed by atoms with van der Waals surface area (Å²) in [5.74, 6) is -0.550. The molecule has 0 radical (unpaired) electrons. The highest BCUT2D eigenvalue weighted by Gasteiger charge is 2.18. The summed E-state index contributed by atoms with van der Waals surface area (Å²) in [5, 5.41) is 12.0. The van der Waals surface area contributed by atoms with Crippen LogP contribution < -0.4 is 5.32 Å². The molecule has 0 bridgehead atoms. The molecule has 4 nitrogen and oxygen atoms in total. The van der Waals surface area contributed by atoms with E-state index >= 15 is 0 Å². The van der Waals surface area contributed by atoms with Crippen LogP contribution in [0.3, 0.4) is 0 Å². The topological polar surface area (TPSA) is 66.4 Å². The molecule has 0 aliphatic rings. The van der Waals surface area contributed by atoms with Crippen LogP contribution in [-0.2, 0) is 6.61 Å². The molecule has 2 N–H and O–H groups in total. The molecule has 0 aromatic heterocycles. The fraction of sp³-hybridized carbons (Fsp3) is 0.130. The van der Waals surface area contributed by atoms with Crippen molar-refractivity contribution in [2.45, 2.75) is 20.5 Å². The van der Waals surface area contributed by atoms with Crippen molar-refractivity contribution >= 4 is 17.4 Å². The smallest absolute Gasteiger partial charge is 0.256 e. The maximum absolute atomic E-state index is 13.0. The van der Waals surface area contributed by atoms with Crippen LogP contribution in [0.25, 0.3) is 0 Å². The van der Waals surface area contributed by atoms with Crippen molar-refractivity contribution in [1.82, 2.24) is 0 Å². The van der Waals surface area contributed by atoms with Gasteiger partial charge < -0.3 is 10.4 Å². The number of benzene rings is 3. The average molecular weight is 359 g/mol. The van der Waals surface area contributed by atoms with Gasteiger partial charge in [-0.15, -0.1) is 0 Å². The number of ketones is 1. The van der Waals surface area contributed by atoms with E-state index in [1.54, 1.807) is 54.6 Å². The van der Waals surface area contributed by atoms with Crippen LogP contribution in [0.5, 0.6) is 0 Å². The van der Waals surface area contributed by atoms with Crippen molar-refractivity contribution in [2.24, 2.45) is 0 Å². The van der Waals surface area contributed by atoms with Crippen LogP contribution >= 0.6 is 0 Å². The zero-order chi connectivity index (χ0) is 19.4. The van der Waals surface area contributed by atoms with Crippen molar-refractivity contribution in [2.75, 3.05) is 5.32 Å². The van der Waals surface area contributed by atoms with Gasteiger partial charge in [0.1, 0.15) is 0 Å². The van der Waals surface area contributed by atoms with E-state index in [-0.39, 0.29) is 18.3 Å². The lowest BCUT2D eigenvalue weighted by atomic mass is 9.95. The molecule has 0 fully saturated rings. The predicted molar refractivity (Wildman–Crippen MR) is 106 cm³/mol. The van der Waals surface area contributed by atoms with Gasteiger partial charge in [0.2, 0.25) is 0 Å². The summed E-state index contributed by atoms with van der Waals surface area (Å²) >= 11 is 0. The van der Waals surface area contributed by atoms with Crippen LogP contribution in [-0.4, -0.2) is 16.8 Å². The number of aliphatic hydroxyl groups is 1. The Morgan fingerprint density at radius 3 is 2.30 bits per heavy atom. The maximum Gasteiger partial charge on any atom is 0.256 e. The first kappa shape index (κ1) is 18.5. The second-order valence-electron chi connectivity index (χ2n) is 6.49. The third kappa shape index (κ3) is 4.13. The highest BCUT2D eigenvalue weighted by Crippen LogP contribution is 2.19. The van der Waals surface area contributed by atoms with E-state index in [9.17, 15) is 14.7 Å². The standard InChI is InChI=1S/C23H21NO3/c1-15-10-11-18(12-16(15)2)22(26)20-8-3-4-9-21(20)23(27)24-19-7-5-6-17(13-19)14-25/h3-13,25H,14H2,1-2H3,(H,24,27). The van der Waals surface area contributed by atoms with Gasteiger partial charge in [0.15, 0.2) is 5.78 Å². The number of carbonyl (C=O) groups excluding carboxylic acids is 2. The van der Waals surface area contributed by atoms with E-state index in [1.165, 1.54) is 0 Å². The Labute approximate surface area is 158 Å². The number of amides is 1. The Morgan fingerprint density at radius 2 is 1.59 bits per heavy atom. The molecule has 0 saturated heterocycles. The van der Waals surface area contributed by atoms with Crippen molar-refractivity contribution in [3.8, 4) is 0 Å². The molecule has 0 saturated carbocycles. The fourth-order valence-corrected chi connectivity index (χ4v) is 2.86. The summed E-state index contributed by atoms with van der Waals surface area (Å²) in [6.45, 7) is 3.84. The van der Waals surface area contributed by atoms with Crippen molar-refractivity contribution in [1.29, 1.82) is 0 Å². The van der Waals surface area contributed by atoms with Gasteiger partial charge in [0.05, 0.1) is 12.2 Å². The molecule has 0 spiro atoms. The van der Waals surface area contributed by atoms with Crippen molar-refractivity contribution in [3.05, 3.63) is 100 Å². The lowest BCUT2D eigenvalue weighted by Gasteiger charge is -2.11. The molecule has 0 aliphatic heterocycles. The molecule has 1 amide bonds. The number of anilines is 1. The quantitative estimate of drug-likeness (QED) is 0.668. The summed E-state index contributed by atoms with van der Waals surface area (Å²) in [6.07, 6.45) is 0. The lowest BCUT2D eigenvalue weighted by molar-refractivity contribution is 0.0996. The monoisotopic (exact) mass is 359 g/mol. The molecule has 0 aliphatic carbocycles. The van der Waals surface area contributed by atoms with Gasteiger partial charge >= 0.3 is 0 Å². The first-order valence-corrected chi connectivity index (χ1v) is 8.71. The number of aliphatic hydroxyl groups excluding tert-OH is 1. The molecule has 0 heterocycles. The van der Waals surface area contributed by atoms with Gasteiger partial charge in [0.25, 0.3) is 5.91 Å². The van der Waals surface area contributed by atoms with E-state index in [4.69, 9.17) is 0 Å². The van der Waals surface area contributed by atoms with Gasteiger partial charge in [-0.1, -0.05) is 42.5 Å². The highest BCUT2D eigenvalue weighted by atomic mass is 16.3. The molecule has 3 aromatic carbocycles. The van der Waals surface area contributed by atoms with Crippen LogP contribution in [0.4, 0.5) is 5.69 Å². The van der Waals surface area contributed by atoms with Crippen LogP contribution in [0.15, 0.2) is 66.7 Å². The minimum Gasteiger partial charge on any atom is -0.392 e. The van der Waals surface area contributed by atoms with Gasteiger partial charge in [0, 0.05) is 16.8 Å². The molecule has 0 unspecified atom stereocenters. The summed E-state index contributed by atoms with van der Waals surface area (Å²) in [6, 6.07) is 19.3. The van der Waals surface area contributed by atoms with E-state index in [0.717, 1.165) is 11.1 Å². The summed E-state index contributed by atoms with van der Waals surface area (Å²) < 4.78 is 0. The number of nitrogens with one attached hydrogen (secondary N) is 1. The maximum atomic E-state index is 13.0. The lowest BCUT2D eigenvalue weighted by Crippen LogP contribution is -2.17. The second-order valence-corrected chi connectivity index (χ2v) is 6.49. The number of aryl methyl sites for hydroxylation is 2. The molecule has 136 valence electrons. The zero-order valence-corrected chi connectivity index (χ0v) is 15.3. The Bertz CT molecular complexity index is 1010. The fourth-order valence-electron chi connectivity index (χ4n) is 2.86. The van der Waals surface area contributed by atoms with Gasteiger partial charge in [-0.05, 0) is 54.8 Å².